The van der Waals surface area contributed by atoms with Crippen LogP contribution in [-0.4, -0.2) is 59.6 Å². The lowest BCUT2D eigenvalue weighted by Gasteiger charge is -2.09. The van der Waals surface area contributed by atoms with Crippen molar-refractivity contribution in [2.24, 2.45) is 10.9 Å². The van der Waals surface area contributed by atoms with Crippen molar-refractivity contribution in [3.8, 4) is 11.5 Å². The van der Waals surface area contributed by atoms with Gasteiger partial charge in [-0.15, -0.1) is 0 Å². The van der Waals surface area contributed by atoms with E-state index in [1.165, 1.54) is 12.1 Å². The molecule has 3 rings (SSSR count). The Bertz CT molecular complexity index is 1470. The normalized spacial score (nSPS) is 11.1. The second-order valence-electron chi connectivity index (χ2n) is 10.3. The molecule has 2 amide bonds. The summed E-state index contributed by atoms with van der Waals surface area (Å²) in [6.45, 7) is 4.75. The van der Waals surface area contributed by atoms with E-state index >= 15 is 0 Å². The fourth-order valence-electron chi connectivity index (χ4n) is 4.03. The lowest BCUT2D eigenvalue weighted by atomic mass is 10.0. The number of rotatable bonds is 17. The zero-order valence-corrected chi connectivity index (χ0v) is 25.2. The molecule has 11 nitrogen and oxygen atoms in total. The van der Waals surface area contributed by atoms with Gasteiger partial charge in [-0.05, 0) is 54.8 Å². The number of ether oxygens (including phenoxy) is 2. The number of hydrogen-bond acceptors (Lipinski definition) is 8. The van der Waals surface area contributed by atoms with E-state index in [2.05, 4.69) is 20.6 Å². The third-order valence-corrected chi connectivity index (χ3v) is 6.51. The lowest BCUT2D eigenvalue weighted by molar-refractivity contribution is -0.129. The van der Waals surface area contributed by atoms with Crippen LogP contribution in [0, 0.1) is 5.92 Å². The average Bonchev–Trinajstić information content (AvgIpc) is 3.01. The number of aliphatic imine (C=N–C) groups is 1. The number of Topliss-reactive ketones (excluding diaryl/α,β-unsaturated/α-hetero) is 1. The molecule has 0 radical (unpaired) electrons. The number of aromatic nitrogens is 1. The van der Waals surface area contributed by atoms with Crippen LogP contribution in [0.4, 0.5) is 11.5 Å². The van der Waals surface area contributed by atoms with Gasteiger partial charge < -0.3 is 25.2 Å². The molecule has 11 heteroatoms. The maximum atomic E-state index is 12.8. The number of benzene rings is 2. The second-order valence-corrected chi connectivity index (χ2v) is 10.3. The molecule has 0 fully saturated rings. The van der Waals surface area contributed by atoms with Gasteiger partial charge in [0.15, 0.2) is 0 Å². The van der Waals surface area contributed by atoms with Gasteiger partial charge in [0.1, 0.15) is 28.8 Å². The minimum atomic E-state index is -1.31. The van der Waals surface area contributed by atoms with E-state index in [1.54, 1.807) is 55.8 Å². The maximum absolute atomic E-state index is 12.8. The highest BCUT2D eigenvalue weighted by Crippen LogP contribution is 2.17. The second kappa shape index (κ2) is 17.2. The first-order chi connectivity index (χ1) is 21.1. The van der Waals surface area contributed by atoms with E-state index in [4.69, 9.17) is 9.47 Å². The van der Waals surface area contributed by atoms with Gasteiger partial charge in [-0.2, -0.15) is 0 Å². The van der Waals surface area contributed by atoms with Crippen molar-refractivity contribution in [3.05, 3.63) is 78.0 Å². The van der Waals surface area contributed by atoms with Crippen molar-refractivity contribution in [2.75, 3.05) is 30.9 Å². The molecule has 3 aromatic rings. The molecule has 0 saturated carbocycles. The standard InChI is InChI=1S/C33H38N4O7/c1-22(2)29(38)9-5-10-31(39)36-25-8-4-7-24(20-25)32(40)37-28(33(41)42)19-23-11-13-26(14-12-23)44-18-6-16-34-30-21-27(43-3)15-17-35-30/h4,7-8,11-15,17,20-22H,5-6,9-10,16,18-19H2,1-3H3,(H,34,35)(H,36,39)(H,41,42). The van der Waals surface area contributed by atoms with Crippen molar-refractivity contribution in [3.63, 3.8) is 0 Å². The molecular formula is C33H38N4O7. The minimum absolute atomic E-state index is 0.0651. The van der Waals surface area contributed by atoms with Crippen molar-refractivity contribution in [1.29, 1.82) is 0 Å². The SMILES string of the molecule is COc1ccnc(NCCCOc2ccc(CC(=NC(=O)c3cccc(NC(=O)CCCC(=O)C(C)C)c3)C(=O)O)cc2)c1. The van der Waals surface area contributed by atoms with E-state index in [1.807, 2.05) is 19.9 Å². The minimum Gasteiger partial charge on any atom is -0.497 e. The van der Waals surface area contributed by atoms with Crippen molar-refractivity contribution >= 4 is 40.8 Å². The number of carbonyl (C=O) groups excluding carboxylic acids is 3. The molecule has 44 heavy (non-hydrogen) atoms. The molecule has 0 atom stereocenters. The Hall–Kier alpha value is -5.06. The summed E-state index contributed by atoms with van der Waals surface area (Å²) in [5, 5.41) is 15.6. The largest absolute Gasteiger partial charge is 0.497 e. The summed E-state index contributed by atoms with van der Waals surface area (Å²) in [6.07, 6.45) is 3.25. The zero-order valence-electron chi connectivity index (χ0n) is 25.2. The van der Waals surface area contributed by atoms with E-state index in [9.17, 15) is 24.3 Å². The van der Waals surface area contributed by atoms with Gasteiger partial charge in [0.25, 0.3) is 5.91 Å². The number of pyridine rings is 1. The number of ketones is 1. The predicted molar refractivity (Wildman–Crippen MR) is 168 cm³/mol. The number of carboxylic acids is 1. The Kier molecular flexibility index (Phi) is 13.0. The fourth-order valence-corrected chi connectivity index (χ4v) is 4.03. The Balaban J connectivity index is 1.50. The quantitative estimate of drug-likeness (QED) is 0.139. The highest BCUT2D eigenvalue weighted by Gasteiger charge is 2.15. The van der Waals surface area contributed by atoms with Crippen LogP contribution >= 0.6 is 0 Å². The molecular weight excluding hydrogens is 564 g/mol. The summed E-state index contributed by atoms with van der Waals surface area (Å²) in [5.41, 5.74) is 0.850. The van der Waals surface area contributed by atoms with Crippen LogP contribution < -0.4 is 20.1 Å². The Morgan fingerprint density at radius 1 is 0.955 bits per heavy atom. The summed E-state index contributed by atoms with van der Waals surface area (Å²) >= 11 is 0. The zero-order chi connectivity index (χ0) is 31.9. The summed E-state index contributed by atoms with van der Waals surface area (Å²) in [6, 6.07) is 16.6. The highest BCUT2D eigenvalue weighted by molar-refractivity contribution is 6.38. The van der Waals surface area contributed by atoms with Crippen LogP contribution in [0.1, 0.15) is 55.5 Å². The number of hydrogen-bond donors (Lipinski definition) is 3. The Morgan fingerprint density at radius 3 is 2.43 bits per heavy atom. The van der Waals surface area contributed by atoms with Crippen molar-refractivity contribution in [1.82, 2.24) is 4.98 Å². The molecule has 0 aliphatic carbocycles. The molecule has 0 aliphatic rings. The van der Waals surface area contributed by atoms with Crippen molar-refractivity contribution in [2.45, 2.75) is 46.0 Å². The van der Waals surface area contributed by atoms with Gasteiger partial charge in [-0.3, -0.25) is 14.4 Å². The first-order valence-corrected chi connectivity index (χ1v) is 14.4. The molecule has 3 N–H and O–H groups in total. The van der Waals surface area contributed by atoms with Gasteiger partial charge in [0.05, 0.1) is 13.7 Å². The number of carbonyl (C=O) groups is 4. The number of nitrogens with zero attached hydrogens (tertiary/aromatic N) is 2. The van der Waals surface area contributed by atoms with Crippen molar-refractivity contribution < 1.29 is 33.8 Å². The monoisotopic (exact) mass is 602 g/mol. The van der Waals surface area contributed by atoms with Gasteiger partial charge in [-0.25, -0.2) is 14.8 Å². The van der Waals surface area contributed by atoms with Crippen LogP contribution in [0.15, 0.2) is 71.9 Å². The first kappa shape index (κ1) is 33.4. The van der Waals surface area contributed by atoms with Crippen LogP contribution in [0.2, 0.25) is 0 Å². The fraction of sp³-hybridized carbons (Fsp3) is 0.333. The highest BCUT2D eigenvalue weighted by atomic mass is 16.5. The molecule has 0 spiro atoms. The number of amides is 2. The molecule has 0 unspecified atom stereocenters. The molecule has 2 aromatic carbocycles. The maximum Gasteiger partial charge on any atom is 0.350 e. The summed E-state index contributed by atoms with van der Waals surface area (Å²) in [7, 11) is 1.60. The van der Waals surface area contributed by atoms with E-state index < -0.39 is 11.9 Å². The molecule has 1 heterocycles. The Labute approximate surface area is 256 Å². The summed E-state index contributed by atoms with van der Waals surface area (Å²) < 4.78 is 10.9. The number of carboxylic acid groups (broad SMARTS) is 1. The number of aliphatic carboxylic acids is 1. The summed E-state index contributed by atoms with van der Waals surface area (Å²) in [5.74, 6) is -0.234. The Morgan fingerprint density at radius 2 is 1.73 bits per heavy atom. The van der Waals surface area contributed by atoms with Gasteiger partial charge in [0, 0.05) is 55.2 Å². The average molecular weight is 603 g/mol. The molecule has 1 aromatic heterocycles. The van der Waals surface area contributed by atoms with E-state index in [0.29, 0.717) is 48.8 Å². The topological polar surface area (TPSA) is 156 Å². The lowest BCUT2D eigenvalue weighted by Crippen LogP contribution is -2.18. The number of nitrogens with one attached hydrogen (secondary N) is 2. The first-order valence-electron chi connectivity index (χ1n) is 14.4. The van der Waals surface area contributed by atoms with Crippen LogP contribution in [0.25, 0.3) is 0 Å². The van der Waals surface area contributed by atoms with Gasteiger partial charge >= 0.3 is 5.97 Å². The molecule has 0 saturated heterocycles. The smallest absolute Gasteiger partial charge is 0.350 e. The van der Waals surface area contributed by atoms with E-state index in [0.717, 1.165) is 12.2 Å². The third-order valence-electron chi connectivity index (χ3n) is 6.51. The van der Waals surface area contributed by atoms with E-state index in [-0.39, 0.29) is 41.7 Å². The molecule has 232 valence electrons. The van der Waals surface area contributed by atoms with Crippen LogP contribution in [0.5, 0.6) is 11.5 Å². The number of anilines is 2. The predicted octanol–water partition coefficient (Wildman–Crippen LogP) is 5.21. The number of methoxy groups -OCH3 is 1. The van der Waals surface area contributed by atoms with Gasteiger partial charge in [-0.1, -0.05) is 32.0 Å². The third kappa shape index (κ3) is 11.3. The molecule has 0 bridgehead atoms. The summed E-state index contributed by atoms with van der Waals surface area (Å²) in [4.78, 5) is 56.8. The molecule has 0 aliphatic heterocycles. The van der Waals surface area contributed by atoms with Crippen LogP contribution in [-0.2, 0) is 20.8 Å². The van der Waals surface area contributed by atoms with Crippen LogP contribution in [0.3, 0.4) is 0 Å². The van der Waals surface area contributed by atoms with Gasteiger partial charge in [0.2, 0.25) is 5.91 Å².